The topological polar surface area (TPSA) is 89.1 Å². The minimum atomic E-state index is -0.310. The predicted octanol–water partition coefficient (Wildman–Crippen LogP) is 4.17. The first-order valence-corrected chi connectivity index (χ1v) is 11.7. The van der Waals surface area contributed by atoms with E-state index >= 15 is 0 Å². The van der Waals surface area contributed by atoms with Crippen LogP contribution in [-0.4, -0.2) is 61.3 Å². The van der Waals surface area contributed by atoms with Crippen LogP contribution in [0.25, 0.3) is 0 Å². The largest absolute Gasteiger partial charge is 0.492 e. The average Bonchev–Trinajstić information content (AvgIpc) is 2.75. The molecule has 0 aliphatic carbocycles. The first-order valence-electron chi connectivity index (χ1n) is 11.7. The Labute approximate surface area is 201 Å². The van der Waals surface area contributed by atoms with E-state index in [0.717, 1.165) is 0 Å². The van der Waals surface area contributed by atoms with Gasteiger partial charge < -0.3 is 24.8 Å². The highest BCUT2D eigenvalue weighted by Gasteiger charge is 2.32. The number of hydrogen-bond acceptors (Lipinski definition) is 6. The van der Waals surface area contributed by atoms with Gasteiger partial charge in [-0.2, -0.15) is 0 Å². The van der Waals surface area contributed by atoms with E-state index in [9.17, 15) is 9.59 Å². The molecule has 1 saturated heterocycles. The van der Waals surface area contributed by atoms with Gasteiger partial charge in [-0.1, -0.05) is 18.2 Å². The maximum Gasteiger partial charge on any atom is 0.255 e. The summed E-state index contributed by atoms with van der Waals surface area (Å²) in [5.74, 6) is 0.490. The lowest BCUT2D eigenvalue weighted by atomic mass is 10.1. The Hall–Kier alpha value is -3.10. The molecule has 184 valence electrons. The molecule has 3 rings (SSSR count). The van der Waals surface area contributed by atoms with Crippen molar-refractivity contribution < 1.29 is 23.8 Å². The van der Waals surface area contributed by atoms with Gasteiger partial charge in [0, 0.05) is 30.8 Å². The van der Waals surface area contributed by atoms with Gasteiger partial charge in [0.15, 0.2) is 0 Å². The summed E-state index contributed by atoms with van der Waals surface area (Å²) in [5, 5.41) is 5.85. The van der Waals surface area contributed by atoms with Crippen molar-refractivity contribution in [1.29, 1.82) is 0 Å². The molecule has 1 aliphatic rings. The average molecular weight is 470 g/mol. The maximum atomic E-state index is 12.9. The monoisotopic (exact) mass is 469 g/mol. The fraction of sp³-hybridized carbons (Fsp3) is 0.462. The Bertz CT molecular complexity index is 993. The number of benzene rings is 2. The number of nitrogens with zero attached hydrogens (tertiary/aromatic N) is 1. The van der Waals surface area contributed by atoms with Crippen LogP contribution in [0.4, 0.5) is 11.4 Å². The van der Waals surface area contributed by atoms with Crippen molar-refractivity contribution in [3.63, 3.8) is 0 Å². The molecule has 0 spiro atoms. The Morgan fingerprint density at radius 1 is 1.03 bits per heavy atom. The van der Waals surface area contributed by atoms with E-state index in [1.165, 1.54) is 0 Å². The molecule has 1 unspecified atom stereocenters. The highest BCUT2D eigenvalue weighted by molar-refractivity contribution is 6.05. The van der Waals surface area contributed by atoms with Crippen molar-refractivity contribution in [3.05, 3.63) is 48.0 Å². The van der Waals surface area contributed by atoms with Gasteiger partial charge in [-0.25, -0.2) is 0 Å². The van der Waals surface area contributed by atoms with Gasteiger partial charge in [0.05, 0.1) is 42.8 Å². The van der Waals surface area contributed by atoms with Gasteiger partial charge in [0.2, 0.25) is 5.91 Å². The van der Waals surface area contributed by atoms with Gasteiger partial charge >= 0.3 is 0 Å². The summed E-state index contributed by atoms with van der Waals surface area (Å²) in [6, 6.07) is 12.3. The van der Waals surface area contributed by atoms with E-state index in [0.29, 0.717) is 54.7 Å². The molecular weight excluding hydrogens is 434 g/mol. The SMILES string of the molecule is CCOc1cc(NC(=O)c2ccccc2)c(OCC)cc1NC(=O)CN1CC(C)OC(C)(C)C1. The fourth-order valence-electron chi connectivity index (χ4n) is 4.19. The number of carbonyl (C=O) groups is 2. The lowest BCUT2D eigenvalue weighted by Crippen LogP contribution is -2.53. The van der Waals surface area contributed by atoms with Gasteiger partial charge in [0.25, 0.3) is 5.91 Å². The van der Waals surface area contributed by atoms with Crippen molar-refractivity contribution in [3.8, 4) is 11.5 Å². The summed E-state index contributed by atoms with van der Waals surface area (Å²) in [6.07, 6.45) is 0.0487. The first kappa shape index (κ1) is 25.5. The molecule has 2 amide bonds. The van der Waals surface area contributed by atoms with Crippen molar-refractivity contribution in [2.24, 2.45) is 0 Å². The summed E-state index contributed by atoms with van der Waals surface area (Å²) in [7, 11) is 0. The molecule has 8 nitrogen and oxygen atoms in total. The number of nitrogens with one attached hydrogen (secondary N) is 2. The normalized spacial score (nSPS) is 17.6. The maximum absolute atomic E-state index is 12.9. The van der Waals surface area contributed by atoms with Crippen LogP contribution >= 0.6 is 0 Å². The molecule has 0 aromatic heterocycles. The molecule has 8 heteroatoms. The third-order valence-electron chi connectivity index (χ3n) is 5.25. The lowest BCUT2D eigenvalue weighted by Gasteiger charge is -2.41. The number of rotatable bonds is 9. The molecule has 2 N–H and O–H groups in total. The molecule has 2 aromatic rings. The zero-order valence-corrected chi connectivity index (χ0v) is 20.6. The van der Waals surface area contributed by atoms with Crippen LogP contribution in [0.3, 0.4) is 0 Å². The van der Waals surface area contributed by atoms with Crippen LogP contribution in [0.5, 0.6) is 11.5 Å². The molecule has 0 saturated carbocycles. The van der Waals surface area contributed by atoms with E-state index < -0.39 is 0 Å². The third kappa shape index (κ3) is 6.95. The molecule has 0 bridgehead atoms. The number of amides is 2. The summed E-state index contributed by atoms with van der Waals surface area (Å²) < 4.78 is 17.5. The quantitative estimate of drug-likeness (QED) is 0.573. The highest BCUT2D eigenvalue weighted by Crippen LogP contribution is 2.37. The Balaban J connectivity index is 1.80. The summed E-state index contributed by atoms with van der Waals surface area (Å²) in [5.41, 5.74) is 1.19. The van der Waals surface area contributed by atoms with Gasteiger partial charge in [-0.3, -0.25) is 14.5 Å². The minimum Gasteiger partial charge on any atom is -0.492 e. The second-order valence-corrected chi connectivity index (χ2v) is 8.94. The zero-order valence-electron chi connectivity index (χ0n) is 20.6. The third-order valence-corrected chi connectivity index (χ3v) is 5.25. The molecular formula is C26H35N3O5. The zero-order chi connectivity index (χ0) is 24.7. The van der Waals surface area contributed by atoms with E-state index in [4.69, 9.17) is 14.2 Å². The molecule has 1 aliphatic heterocycles. The van der Waals surface area contributed by atoms with Gasteiger partial charge in [-0.15, -0.1) is 0 Å². The molecule has 0 radical (unpaired) electrons. The van der Waals surface area contributed by atoms with Crippen LogP contribution in [0.2, 0.25) is 0 Å². The van der Waals surface area contributed by atoms with Crippen molar-refractivity contribution in [2.75, 3.05) is 43.5 Å². The van der Waals surface area contributed by atoms with Crippen LogP contribution in [0, 0.1) is 0 Å². The Kier molecular flexibility index (Phi) is 8.52. The summed E-state index contributed by atoms with van der Waals surface area (Å²) in [6.45, 7) is 12.2. The van der Waals surface area contributed by atoms with Gasteiger partial charge in [-0.05, 0) is 46.8 Å². The number of anilines is 2. The van der Waals surface area contributed by atoms with E-state index in [2.05, 4.69) is 15.5 Å². The van der Waals surface area contributed by atoms with Crippen LogP contribution in [0.15, 0.2) is 42.5 Å². The fourth-order valence-corrected chi connectivity index (χ4v) is 4.19. The standard InChI is InChI=1S/C26H35N3O5/c1-6-32-22-14-21(28-25(31)19-11-9-8-10-12-19)23(33-7-2)13-20(22)27-24(30)16-29-15-18(3)34-26(4,5)17-29/h8-14,18H,6-7,15-17H2,1-5H3,(H,27,30)(H,28,31). The van der Waals surface area contributed by atoms with Crippen LogP contribution < -0.4 is 20.1 Å². The molecule has 1 heterocycles. The number of hydrogen-bond donors (Lipinski definition) is 2. The Morgan fingerprint density at radius 2 is 1.62 bits per heavy atom. The molecule has 34 heavy (non-hydrogen) atoms. The molecule has 2 aromatic carbocycles. The van der Waals surface area contributed by atoms with E-state index in [1.54, 1.807) is 36.4 Å². The Morgan fingerprint density at radius 3 is 2.18 bits per heavy atom. The number of ether oxygens (including phenoxy) is 3. The first-order chi connectivity index (χ1) is 16.2. The second-order valence-electron chi connectivity index (χ2n) is 8.94. The van der Waals surface area contributed by atoms with Crippen LogP contribution in [-0.2, 0) is 9.53 Å². The second kappa shape index (κ2) is 11.4. The minimum absolute atomic E-state index is 0.0487. The van der Waals surface area contributed by atoms with Crippen molar-refractivity contribution in [1.82, 2.24) is 4.90 Å². The van der Waals surface area contributed by atoms with E-state index in [1.807, 2.05) is 40.7 Å². The van der Waals surface area contributed by atoms with Crippen molar-refractivity contribution >= 4 is 23.2 Å². The molecule has 1 atom stereocenters. The molecule has 1 fully saturated rings. The highest BCUT2D eigenvalue weighted by atomic mass is 16.5. The van der Waals surface area contributed by atoms with Gasteiger partial charge in [0.1, 0.15) is 11.5 Å². The smallest absolute Gasteiger partial charge is 0.255 e. The van der Waals surface area contributed by atoms with E-state index in [-0.39, 0.29) is 30.1 Å². The van der Waals surface area contributed by atoms with Crippen molar-refractivity contribution in [2.45, 2.75) is 46.3 Å². The number of morpholine rings is 1. The summed E-state index contributed by atoms with van der Waals surface area (Å²) in [4.78, 5) is 27.7. The summed E-state index contributed by atoms with van der Waals surface area (Å²) >= 11 is 0. The predicted molar refractivity (Wildman–Crippen MR) is 133 cm³/mol. The van der Waals surface area contributed by atoms with Crippen LogP contribution in [0.1, 0.15) is 45.0 Å². The number of carbonyl (C=O) groups excluding carboxylic acids is 2. The lowest BCUT2D eigenvalue weighted by molar-refractivity contribution is -0.136.